The molecule has 0 saturated carbocycles. The van der Waals surface area contributed by atoms with Crippen LogP contribution in [0.1, 0.15) is 15.9 Å². The Morgan fingerprint density at radius 3 is 2.41 bits per heavy atom. The number of hydrazone groups is 1. The first-order valence-electron chi connectivity index (χ1n) is 10.4. The normalized spacial score (nSPS) is 11.9. The number of rotatable bonds is 6. The number of H-pyrrole nitrogens is 1. The van der Waals surface area contributed by atoms with Crippen LogP contribution < -0.4 is 10.1 Å². The Labute approximate surface area is 195 Å². The van der Waals surface area contributed by atoms with Gasteiger partial charge < -0.3 is 10.7 Å². The summed E-state index contributed by atoms with van der Waals surface area (Å²) in [6.07, 6.45) is 1.28. The molecule has 0 spiro atoms. The van der Waals surface area contributed by atoms with Gasteiger partial charge >= 0.3 is 0 Å². The predicted octanol–water partition coefficient (Wildman–Crippen LogP) is 4.04. The van der Waals surface area contributed by atoms with Crippen LogP contribution in [0.2, 0.25) is 0 Å². The molecule has 34 heavy (non-hydrogen) atoms. The predicted molar refractivity (Wildman–Crippen MR) is 132 cm³/mol. The molecule has 0 bridgehead atoms. The number of benzene rings is 4. The number of sulfonamides is 1. The average molecular weight is 470 g/mol. The van der Waals surface area contributed by atoms with Gasteiger partial charge in [-0.15, -0.1) is 4.41 Å². The molecule has 9 heteroatoms. The van der Waals surface area contributed by atoms with Crippen molar-refractivity contribution in [3.8, 4) is 0 Å². The largest absolute Gasteiger partial charge is 0.366 e. The number of aromatic amines is 1. The van der Waals surface area contributed by atoms with Crippen LogP contribution in [0.15, 0.2) is 101 Å². The molecule has 0 saturated heterocycles. The highest BCUT2D eigenvalue weighted by Gasteiger charge is 2.28. The molecule has 8 nitrogen and oxygen atoms in total. The molecule has 0 unspecified atom stereocenters. The summed E-state index contributed by atoms with van der Waals surface area (Å²) in [4.78, 5) is 19.3. The maximum Gasteiger partial charge on any atom is 0.286 e. The summed E-state index contributed by atoms with van der Waals surface area (Å²) in [5.74, 6) is -0.628. The van der Waals surface area contributed by atoms with E-state index in [2.05, 4.69) is 15.1 Å². The molecule has 0 aliphatic carbocycles. The first-order chi connectivity index (χ1) is 16.4. The number of nitrogens with two attached hydrogens (primary N) is 1. The Morgan fingerprint density at radius 1 is 0.912 bits per heavy atom. The molecule has 3 N–H and O–H groups in total. The van der Waals surface area contributed by atoms with Gasteiger partial charge in [0.2, 0.25) is 11.9 Å². The third-order valence-electron chi connectivity index (χ3n) is 5.33. The van der Waals surface area contributed by atoms with Gasteiger partial charge in [0, 0.05) is 11.1 Å². The number of aromatic nitrogens is 2. The van der Waals surface area contributed by atoms with E-state index in [0.717, 1.165) is 15.2 Å². The number of hydrogen-bond donors (Lipinski definition) is 2. The van der Waals surface area contributed by atoms with E-state index in [0.29, 0.717) is 16.6 Å². The lowest BCUT2D eigenvalue weighted by atomic mass is 10.1. The highest BCUT2D eigenvalue weighted by atomic mass is 32.2. The van der Waals surface area contributed by atoms with Gasteiger partial charge in [-0.25, -0.2) is 4.98 Å². The SMILES string of the molecule is NC(=O)c1ccccc1/C=N/N(c1nc2ccccc2[nH]1)S(=O)(=O)c1ccc2ccccc2c1. The van der Waals surface area contributed by atoms with Crippen LogP contribution >= 0.6 is 0 Å². The van der Waals surface area contributed by atoms with Gasteiger partial charge in [-0.1, -0.05) is 60.7 Å². The molecular weight excluding hydrogens is 450 g/mol. The molecule has 168 valence electrons. The van der Waals surface area contributed by atoms with Crippen molar-refractivity contribution in [2.45, 2.75) is 4.90 Å². The molecule has 0 aliphatic rings. The number of nitrogens with one attached hydrogen (secondary N) is 1. The minimum absolute atomic E-state index is 0.0159. The molecule has 4 aromatic carbocycles. The maximum atomic E-state index is 13.8. The molecule has 1 heterocycles. The molecular formula is C25H19N5O3S. The van der Waals surface area contributed by atoms with Crippen molar-refractivity contribution in [3.05, 3.63) is 102 Å². The van der Waals surface area contributed by atoms with Crippen molar-refractivity contribution in [1.82, 2.24) is 9.97 Å². The summed E-state index contributed by atoms with van der Waals surface area (Å²) < 4.78 is 28.3. The Bertz CT molecular complexity index is 1640. The van der Waals surface area contributed by atoms with Crippen LogP contribution in [-0.4, -0.2) is 30.5 Å². The fourth-order valence-electron chi connectivity index (χ4n) is 3.64. The van der Waals surface area contributed by atoms with E-state index in [1.165, 1.54) is 12.3 Å². The number of primary amides is 1. The van der Waals surface area contributed by atoms with Crippen molar-refractivity contribution < 1.29 is 13.2 Å². The number of hydrogen-bond acceptors (Lipinski definition) is 5. The molecule has 0 aliphatic heterocycles. The minimum Gasteiger partial charge on any atom is -0.366 e. The summed E-state index contributed by atoms with van der Waals surface area (Å²) in [5, 5.41) is 5.94. The van der Waals surface area contributed by atoms with E-state index in [1.807, 2.05) is 36.4 Å². The van der Waals surface area contributed by atoms with Crippen LogP contribution in [0.4, 0.5) is 5.95 Å². The number of para-hydroxylation sites is 2. The Hall–Kier alpha value is -4.50. The molecule has 1 aromatic heterocycles. The lowest BCUT2D eigenvalue weighted by molar-refractivity contribution is 0.1000. The number of amides is 1. The van der Waals surface area contributed by atoms with Crippen molar-refractivity contribution in [1.29, 1.82) is 0 Å². The molecule has 1 amide bonds. The van der Waals surface area contributed by atoms with E-state index >= 15 is 0 Å². The van der Waals surface area contributed by atoms with Crippen LogP contribution in [0.25, 0.3) is 21.8 Å². The number of fused-ring (bicyclic) bond motifs is 2. The van der Waals surface area contributed by atoms with Gasteiger partial charge in [0.25, 0.3) is 10.0 Å². The van der Waals surface area contributed by atoms with Crippen molar-refractivity contribution in [3.63, 3.8) is 0 Å². The second kappa shape index (κ2) is 8.45. The summed E-state index contributed by atoms with van der Waals surface area (Å²) >= 11 is 0. The second-order valence-electron chi connectivity index (χ2n) is 7.53. The fourth-order valence-corrected chi connectivity index (χ4v) is 4.84. The number of anilines is 1. The zero-order chi connectivity index (χ0) is 23.7. The summed E-state index contributed by atoms with van der Waals surface area (Å²) in [7, 11) is -4.17. The Balaban J connectivity index is 1.66. The van der Waals surface area contributed by atoms with Gasteiger partial charge in [0.15, 0.2) is 0 Å². The van der Waals surface area contributed by atoms with E-state index in [1.54, 1.807) is 48.5 Å². The molecule has 5 aromatic rings. The average Bonchev–Trinajstić information content (AvgIpc) is 3.27. The van der Waals surface area contributed by atoms with Gasteiger partial charge in [-0.05, 0) is 41.1 Å². The third kappa shape index (κ3) is 3.89. The standard InChI is InChI=1S/C25H19N5O3S/c26-24(31)21-10-4-3-9-19(21)16-27-30(25-28-22-11-5-6-12-23(22)29-25)34(32,33)20-14-13-17-7-1-2-8-18(17)15-20/h1-16H,(H2,26,31)(H,28,29)/b27-16+. The lowest BCUT2D eigenvalue weighted by Crippen LogP contribution is -2.27. The zero-order valence-corrected chi connectivity index (χ0v) is 18.6. The van der Waals surface area contributed by atoms with E-state index in [9.17, 15) is 13.2 Å². The number of imidazole rings is 1. The van der Waals surface area contributed by atoms with E-state index in [4.69, 9.17) is 5.73 Å². The third-order valence-corrected chi connectivity index (χ3v) is 6.90. The highest BCUT2D eigenvalue weighted by Crippen LogP contribution is 2.27. The Kier molecular flexibility index (Phi) is 5.31. The van der Waals surface area contributed by atoms with Crippen LogP contribution in [0, 0.1) is 0 Å². The topological polar surface area (TPSA) is 122 Å². The van der Waals surface area contributed by atoms with Gasteiger partial charge in [-0.3, -0.25) is 4.79 Å². The van der Waals surface area contributed by atoms with Crippen LogP contribution in [0.5, 0.6) is 0 Å². The van der Waals surface area contributed by atoms with Gasteiger partial charge in [0.1, 0.15) is 0 Å². The summed E-state index contributed by atoms with van der Waals surface area (Å²) in [6, 6.07) is 26.1. The van der Waals surface area contributed by atoms with Crippen molar-refractivity contribution >= 4 is 49.9 Å². The lowest BCUT2D eigenvalue weighted by Gasteiger charge is -2.17. The monoisotopic (exact) mass is 469 g/mol. The first-order valence-corrected chi connectivity index (χ1v) is 11.8. The van der Waals surface area contributed by atoms with E-state index < -0.39 is 15.9 Å². The fraction of sp³-hybridized carbons (Fsp3) is 0. The molecule has 5 rings (SSSR count). The second-order valence-corrected chi connectivity index (χ2v) is 9.30. The van der Waals surface area contributed by atoms with Gasteiger partial charge in [-0.2, -0.15) is 13.5 Å². The minimum atomic E-state index is -4.17. The summed E-state index contributed by atoms with van der Waals surface area (Å²) in [5.41, 5.74) is 7.31. The van der Waals surface area contributed by atoms with Crippen molar-refractivity contribution in [2.75, 3.05) is 4.41 Å². The molecule has 0 atom stereocenters. The van der Waals surface area contributed by atoms with E-state index in [-0.39, 0.29) is 16.4 Å². The quantitative estimate of drug-likeness (QED) is 0.288. The summed E-state index contributed by atoms with van der Waals surface area (Å²) in [6.45, 7) is 0. The number of nitrogens with zero attached hydrogens (tertiary/aromatic N) is 3. The first kappa shape index (κ1) is 21.4. The van der Waals surface area contributed by atoms with Crippen LogP contribution in [0.3, 0.4) is 0 Å². The molecule has 0 fully saturated rings. The molecule has 0 radical (unpaired) electrons. The van der Waals surface area contributed by atoms with Gasteiger partial charge in [0.05, 0.1) is 22.1 Å². The highest BCUT2D eigenvalue weighted by molar-refractivity contribution is 7.92. The Morgan fingerprint density at radius 2 is 1.62 bits per heavy atom. The number of carbonyl (C=O) groups is 1. The van der Waals surface area contributed by atoms with Crippen molar-refractivity contribution in [2.24, 2.45) is 10.8 Å². The number of carbonyl (C=O) groups excluding carboxylic acids is 1. The van der Waals surface area contributed by atoms with Crippen LogP contribution in [-0.2, 0) is 10.0 Å². The smallest absolute Gasteiger partial charge is 0.286 e. The maximum absolute atomic E-state index is 13.8. The zero-order valence-electron chi connectivity index (χ0n) is 17.8.